The van der Waals surface area contributed by atoms with Crippen molar-refractivity contribution in [3.63, 3.8) is 0 Å². The highest BCUT2D eigenvalue weighted by atomic mass is 35.5. The van der Waals surface area contributed by atoms with Crippen LogP contribution in [0.15, 0.2) is 23.2 Å². The van der Waals surface area contributed by atoms with E-state index >= 15 is 0 Å². The van der Waals surface area contributed by atoms with Crippen LogP contribution in [0, 0.1) is 0 Å². The first-order valence-corrected chi connectivity index (χ1v) is 8.44. The van der Waals surface area contributed by atoms with Crippen molar-refractivity contribution in [1.29, 1.82) is 0 Å². The first-order chi connectivity index (χ1) is 11.0. The largest absolute Gasteiger partial charge is 0.495 e. The Labute approximate surface area is 144 Å². The Balaban J connectivity index is 1.98. The number of benzene rings is 1. The van der Waals surface area contributed by atoms with Gasteiger partial charge >= 0.3 is 0 Å². The van der Waals surface area contributed by atoms with Crippen molar-refractivity contribution in [2.24, 2.45) is 4.99 Å². The molecule has 6 nitrogen and oxygen atoms in total. The van der Waals surface area contributed by atoms with E-state index < -0.39 is 5.25 Å². The van der Waals surface area contributed by atoms with Gasteiger partial charge < -0.3 is 15.4 Å². The molecule has 1 heterocycles. The number of anilines is 1. The van der Waals surface area contributed by atoms with E-state index in [9.17, 15) is 9.59 Å². The maximum Gasteiger partial charge on any atom is 0.240 e. The Bertz CT molecular complexity index is 636. The number of nitrogens with zero attached hydrogens (tertiary/aromatic N) is 1. The Hall–Kier alpha value is -1.73. The summed E-state index contributed by atoms with van der Waals surface area (Å²) in [6.45, 7) is 2.66. The molecule has 1 atom stereocenters. The zero-order valence-corrected chi connectivity index (χ0v) is 14.5. The number of halogens is 1. The summed E-state index contributed by atoms with van der Waals surface area (Å²) in [5, 5.41) is 6.01. The number of nitrogens with one attached hydrogen (secondary N) is 2. The molecular weight excluding hydrogens is 338 g/mol. The number of thioether (sulfide) groups is 1. The number of amidine groups is 1. The van der Waals surface area contributed by atoms with E-state index in [2.05, 4.69) is 15.6 Å². The third-order valence-electron chi connectivity index (χ3n) is 3.06. The third-order valence-corrected chi connectivity index (χ3v) is 4.42. The second kappa shape index (κ2) is 8.21. The molecule has 0 aliphatic carbocycles. The van der Waals surface area contributed by atoms with Crippen LogP contribution >= 0.6 is 23.4 Å². The van der Waals surface area contributed by atoms with E-state index in [1.807, 2.05) is 6.92 Å². The molecule has 0 unspecified atom stereocenters. The second-order valence-electron chi connectivity index (χ2n) is 4.88. The zero-order chi connectivity index (χ0) is 16.8. The highest BCUT2D eigenvalue weighted by molar-refractivity contribution is 8.15. The van der Waals surface area contributed by atoms with Gasteiger partial charge in [-0.05, 0) is 24.6 Å². The van der Waals surface area contributed by atoms with Crippen LogP contribution in [0.2, 0.25) is 5.02 Å². The number of aliphatic imine (C=N–C) groups is 1. The number of ether oxygens (including phenoxy) is 1. The van der Waals surface area contributed by atoms with Crippen LogP contribution in [0.25, 0.3) is 0 Å². The minimum absolute atomic E-state index is 0.0529. The van der Waals surface area contributed by atoms with Gasteiger partial charge in [-0.15, -0.1) is 0 Å². The van der Waals surface area contributed by atoms with Gasteiger partial charge in [0, 0.05) is 18.0 Å². The van der Waals surface area contributed by atoms with E-state index in [1.165, 1.54) is 18.9 Å². The van der Waals surface area contributed by atoms with Crippen LogP contribution in [0.1, 0.15) is 19.8 Å². The molecule has 0 bridgehead atoms. The predicted octanol–water partition coefficient (Wildman–Crippen LogP) is 2.67. The summed E-state index contributed by atoms with van der Waals surface area (Å²) in [6.07, 6.45) is 0.955. The van der Waals surface area contributed by atoms with Crippen molar-refractivity contribution in [1.82, 2.24) is 5.32 Å². The van der Waals surface area contributed by atoms with Gasteiger partial charge in [0.1, 0.15) is 11.0 Å². The average Bonchev–Trinajstić information content (AvgIpc) is 2.85. The molecule has 1 saturated heterocycles. The van der Waals surface area contributed by atoms with Crippen LogP contribution in [0.3, 0.4) is 0 Å². The van der Waals surface area contributed by atoms with Gasteiger partial charge in [0.05, 0.1) is 12.8 Å². The molecule has 1 fully saturated rings. The maximum absolute atomic E-state index is 12.2. The summed E-state index contributed by atoms with van der Waals surface area (Å²) in [5.74, 6) is 0.0319. The average molecular weight is 356 g/mol. The molecule has 2 rings (SSSR count). The zero-order valence-electron chi connectivity index (χ0n) is 12.9. The number of amides is 2. The fourth-order valence-electron chi connectivity index (χ4n) is 1.98. The van der Waals surface area contributed by atoms with E-state index in [-0.39, 0.29) is 18.2 Å². The Morgan fingerprint density at radius 3 is 3.00 bits per heavy atom. The lowest BCUT2D eigenvalue weighted by Gasteiger charge is -2.11. The van der Waals surface area contributed by atoms with Crippen molar-refractivity contribution < 1.29 is 14.3 Å². The molecule has 1 aromatic carbocycles. The van der Waals surface area contributed by atoms with Crippen LogP contribution in [0.4, 0.5) is 5.69 Å². The number of methoxy groups -OCH3 is 1. The standard InChI is InChI=1S/C15H18ClN3O3S/c1-3-6-17-15-19-14(21)12(23-15)8-13(20)18-10-7-9(16)4-5-11(10)22-2/h4-5,7,12H,3,6,8H2,1-2H3,(H,18,20)(H,17,19,21)/t12-/m0/s1. The van der Waals surface area contributed by atoms with Gasteiger partial charge in [-0.1, -0.05) is 30.3 Å². The molecule has 1 aliphatic rings. The van der Waals surface area contributed by atoms with E-state index in [1.54, 1.807) is 18.2 Å². The first-order valence-electron chi connectivity index (χ1n) is 7.18. The summed E-state index contributed by atoms with van der Waals surface area (Å²) in [7, 11) is 1.51. The van der Waals surface area contributed by atoms with Gasteiger partial charge in [-0.25, -0.2) is 0 Å². The molecule has 0 radical (unpaired) electrons. The van der Waals surface area contributed by atoms with Crippen molar-refractivity contribution >= 4 is 46.0 Å². The Kier molecular flexibility index (Phi) is 6.29. The number of carbonyl (C=O) groups is 2. The van der Waals surface area contributed by atoms with Crippen LogP contribution in [-0.4, -0.2) is 35.9 Å². The fourth-order valence-corrected chi connectivity index (χ4v) is 3.14. The van der Waals surface area contributed by atoms with Crippen molar-refractivity contribution in [3.05, 3.63) is 23.2 Å². The topological polar surface area (TPSA) is 79.8 Å². The normalized spacial score (nSPS) is 18.8. The summed E-state index contributed by atoms with van der Waals surface area (Å²) < 4.78 is 5.18. The molecule has 1 aromatic rings. The minimum Gasteiger partial charge on any atom is -0.495 e. The van der Waals surface area contributed by atoms with Crippen LogP contribution in [-0.2, 0) is 9.59 Å². The number of rotatable bonds is 6. The molecule has 1 aliphatic heterocycles. The maximum atomic E-state index is 12.2. The van der Waals surface area contributed by atoms with Crippen LogP contribution in [0.5, 0.6) is 5.75 Å². The summed E-state index contributed by atoms with van der Waals surface area (Å²) in [4.78, 5) is 28.3. The molecule has 2 amide bonds. The monoisotopic (exact) mass is 355 g/mol. The van der Waals surface area contributed by atoms with Gasteiger partial charge in [-0.3, -0.25) is 14.6 Å². The predicted molar refractivity (Wildman–Crippen MR) is 93.4 cm³/mol. The fraction of sp³-hybridized carbons (Fsp3) is 0.400. The van der Waals surface area contributed by atoms with Crippen molar-refractivity contribution in [2.45, 2.75) is 25.0 Å². The van der Waals surface area contributed by atoms with Crippen molar-refractivity contribution in [3.8, 4) is 5.75 Å². The second-order valence-corrected chi connectivity index (χ2v) is 6.51. The molecule has 23 heavy (non-hydrogen) atoms. The summed E-state index contributed by atoms with van der Waals surface area (Å²) >= 11 is 7.21. The quantitative estimate of drug-likeness (QED) is 0.822. The van der Waals surface area contributed by atoms with Gasteiger partial charge in [-0.2, -0.15) is 0 Å². The summed E-state index contributed by atoms with van der Waals surface area (Å²) in [6, 6.07) is 4.95. The number of carbonyl (C=O) groups excluding carboxylic acids is 2. The highest BCUT2D eigenvalue weighted by Crippen LogP contribution is 2.29. The lowest BCUT2D eigenvalue weighted by atomic mass is 10.2. The lowest BCUT2D eigenvalue weighted by molar-refractivity contribution is -0.122. The number of hydrogen-bond donors (Lipinski definition) is 2. The first kappa shape index (κ1) is 17.6. The van der Waals surface area contributed by atoms with Gasteiger partial charge in [0.15, 0.2) is 5.17 Å². The molecule has 0 spiro atoms. The van der Waals surface area contributed by atoms with Gasteiger partial charge in [0.2, 0.25) is 11.8 Å². The van der Waals surface area contributed by atoms with E-state index in [0.29, 0.717) is 28.2 Å². The number of hydrogen-bond acceptors (Lipinski definition) is 5. The van der Waals surface area contributed by atoms with Gasteiger partial charge in [0.25, 0.3) is 0 Å². The Morgan fingerprint density at radius 2 is 2.30 bits per heavy atom. The highest BCUT2D eigenvalue weighted by Gasteiger charge is 2.32. The van der Waals surface area contributed by atoms with Crippen molar-refractivity contribution in [2.75, 3.05) is 19.0 Å². The molecule has 124 valence electrons. The Morgan fingerprint density at radius 1 is 1.52 bits per heavy atom. The van der Waals surface area contributed by atoms with E-state index in [0.717, 1.165) is 6.42 Å². The SMILES string of the molecule is CCCN=C1NC(=O)[C@H](CC(=O)Nc2cc(Cl)ccc2OC)S1. The third kappa shape index (κ3) is 4.87. The molecular formula is C15H18ClN3O3S. The molecule has 0 saturated carbocycles. The minimum atomic E-state index is -0.476. The van der Waals surface area contributed by atoms with Crippen LogP contribution < -0.4 is 15.4 Å². The lowest BCUT2D eigenvalue weighted by Crippen LogP contribution is -2.28. The van der Waals surface area contributed by atoms with E-state index in [4.69, 9.17) is 16.3 Å². The smallest absolute Gasteiger partial charge is 0.240 e. The molecule has 2 N–H and O–H groups in total. The summed E-state index contributed by atoms with van der Waals surface area (Å²) in [5.41, 5.74) is 0.480. The molecule has 0 aromatic heterocycles. The molecule has 8 heteroatoms.